The Kier molecular flexibility index (Phi) is 2.96. The largest absolute Gasteiger partial charge is 0.478 e. The number of pyridine rings is 1. The third-order valence-corrected chi connectivity index (χ3v) is 4.59. The molecule has 2 fully saturated rings. The molecule has 0 radical (unpaired) electrons. The van der Waals surface area contributed by atoms with E-state index in [-0.39, 0.29) is 28.4 Å². The minimum atomic E-state index is -1.12. The number of aromatic carboxylic acids is 1. The summed E-state index contributed by atoms with van der Waals surface area (Å²) in [6.45, 7) is 0.583. The average Bonchev–Trinajstić information content (AvgIpc) is 2.70. The Morgan fingerprint density at radius 1 is 1.45 bits per heavy atom. The summed E-state index contributed by atoms with van der Waals surface area (Å²) in [7, 11) is 0. The molecular formula is C14H15FN2O3. The van der Waals surface area contributed by atoms with Gasteiger partial charge in [0.15, 0.2) is 0 Å². The second kappa shape index (κ2) is 4.54. The van der Waals surface area contributed by atoms with Crippen molar-refractivity contribution in [3.05, 3.63) is 29.6 Å². The van der Waals surface area contributed by atoms with Gasteiger partial charge in [-0.3, -0.25) is 14.2 Å². The van der Waals surface area contributed by atoms with Crippen molar-refractivity contribution in [2.45, 2.75) is 12.8 Å². The van der Waals surface area contributed by atoms with Gasteiger partial charge in [-0.1, -0.05) is 0 Å². The van der Waals surface area contributed by atoms with E-state index in [9.17, 15) is 14.0 Å². The maximum Gasteiger partial charge on any atom is 0.337 e. The number of likely N-dealkylation sites (tertiary alicyclic amines) is 1. The van der Waals surface area contributed by atoms with Gasteiger partial charge in [0.25, 0.3) is 5.91 Å². The zero-order chi connectivity index (χ0) is 14.3. The standard InChI is InChI=1S/C14H15FN2O3/c15-7-14-2-1-11(14)6-17(8-14)12(18)9-3-10(13(19)20)5-16-4-9/h3-5,11H,1-2,6-8H2,(H,19,20)/t11-,14-/m0/s1. The lowest BCUT2D eigenvalue weighted by molar-refractivity contribution is 0.0498. The van der Waals surface area contributed by atoms with Crippen LogP contribution in [0, 0.1) is 11.3 Å². The Labute approximate surface area is 115 Å². The van der Waals surface area contributed by atoms with Gasteiger partial charge in [0.2, 0.25) is 0 Å². The van der Waals surface area contributed by atoms with E-state index in [1.165, 1.54) is 18.5 Å². The number of aromatic nitrogens is 1. The van der Waals surface area contributed by atoms with Crippen LogP contribution < -0.4 is 0 Å². The van der Waals surface area contributed by atoms with Gasteiger partial charge in [-0.2, -0.15) is 0 Å². The second-order valence-electron chi connectivity index (χ2n) is 5.68. The Balaban J connectivity index is 1.80. The van der Waals surface area contributed by atoms with Crippen LogP contribution in [-0.2, 0) is 0 Å². The topological polar surface area (TPSA) is 70.5 Å². The number of carbonyl (C=O) groups excluding carboxylic acids is 1. The first-order valence-corrected chi connectivity index (χ1v) is 6.59. The molecule has 3 rings (SSSR count). The third-order valence-electron chi connectivity index (χ3n) is 4.59. The highest BCUT2D eigenvalue weighted by atomic mass is 19.1. The molecule has 2 aliphatic rings. The van der Waals surface area contributed by atoms with Gasteiger partial charge in [0.05, 0.1) is 17.8 Å². The van der Waals surface area contributed by atoms with E-state index >= 15 is 0 Å². The lowest BCUT2D eigenvalue weighted by Crippen LogP contribution is -2.41. The van der Waals surface area contributed by atoms with Crippen LogP contribution in [0.4, 0.5) is 4.39 Å². The molecule has 2 atom stereocenters. The molecule has 1 aliphatic heterocycles. The summed E-state index contributed by atoms with van der Waals surface area (Å²) in [6.07, 6.45) is 4.35. The van der Waals surface area contributed by atoms with Crippen molar-refractivity contribution in [3.63, 3.8) is 0 Å². The highest BCUT2D eigenvalue weighted by Crippen LogP contribution is 2.52. The highest BCUT2D eigenvalue weighted by Gasteiger charge is 2.54. The van der Waals surface area contributed by atoms with Gasteiger partial charge >= 0.3 is 5.97 Å². The molecule has 1 aromatic rings. The van der Waals surface area contributed by atoms with Crippen molar-refractivity contribution < 1.29 is 19.1 Å². The van der Waals surface area contributed by atoms with E-state index in [0.717, 1.165) is 12.8 Å². The summed E-state index contributed by atoms with van der Waals surface area (Å²) in [5.41, 5.74) is -0.119. The fourth-order valence-electron chi connectivity index (χ4n) is 3.19. The van der Waals surface area contributed by atoms with E-state index in [0.29, 0.717) is 13.1 Å². The van der Waals surface area contributed by atoms with Gasteiger partial charge in [-0.25, -0.2) is 4.79 Å². The summed E-state index contributed by atoms with van der Waals surface area (Å²) >= 11 is 0. The van der Waals surface area contributed by atoms with E-state index < -0.39 is 12.6 Å². The van der Waals surface area contributed by atoms with E-state index in [1.54, 1.807) is 4.90 Å². The molecule has 0 spiro atoms. The fourth-order valence-corrected chi connectivity index (χ4v) is 3.19. The summed E-state index contributed by atoms with van der Waals surface area (Å²) in [6, 6.07) is 1.32. The molecule has 1 saturated carbocycles. The highest BCUT2D eigenvalue weighted by molar-refractivity contribution is 5.97. The monoisotopic (exact) mass is 278 g/mol. The number of amides is 1. The summed E-state index contributed by atoms with van der Waals surface area (Å²) in [5, 5.41) is 8.92. The molecule has 2 heterocycles. The van der Waals surface area contributed by atoms with Crippen molar-refractivity contribution in [1.82, 2.24) is 9.88 Å². The number of rotatable bonds is 3. The van der Waals surface area contributed by atoms with Crippen LogP contribution in [0.5, 0.6) is 0 Å². The molecule has 6 heteroatoms. The van der Waals surface area contributed by atoms with Crippen LogP contribution in [0.3, 0.4) is 0 Å². The number of carboxylic acids is 1. The van der Waals surface area contributed by atoms with Crippen LogP contribution in [0.25, 0.3) is 0 Å². The molecule has 1 aromatic heterocycles. The number of nitrogens with zero attached hydrogens (tertiary/aromatic N) is 2. The van der Waals surface area contributed by atoms with Crippen LogP contribution in [0.15, 0.2) is 18.5 Å². The van der Waals surface area contributed by atoms with Gasteiger partial charge in [0, 0.05) is 30.9 Å². The first-order valence-electron chi connectivity index (χ1n) is 6.59. The van der Waals surface area contributed by atoms with Crippen molar-refractivity contribution in [1.29, 1.82) is 0 Å². The predicted octanol–water partition coefficient (Wildman–Crippen LogP) is 1.60. The molecule has 20 heavy (non-hydrogen) atoms. The summed E-state index contributed by atoms with van der Waals surface area (Å²) < 4.78 is 13.2. The number of carboxylic acid groups (broad SMARTS) is 1. The van der Waals surface area contributed by atoms with Gasteiger partial charge in [-0.15, -0.1) is 0 Å². The quantitative estimate of drug-likeness (QED) is 0.911. The van der Waals surface area contributed by atoms with Crippen LogP contribution in [0.2, 0.25) is 0 Å². The second-order valence-corrected chi connectivity index (χ2v) is 5.68. The minimum Gasteiger partial charge on any atom is -0.478 e. The SMILES string of the molecule is O=C(O)c1cncc(C(=O)N2C[C@@H]3CC[C@]3(CF)C2)c1. The molecule has 106 valence electrons. The number of fused-ring (bicyclic) bond motifs is 1. The molecule has 0 bridgehead atoms. The fraction of sp³-hybridized carbons (Fsp3) is 0.500. The molecule has 1 saturated heterocycles. The summed E-state index contributed by atoms with van der Waals surface area (Å²) in [4.78, 5) is 28.7. The third kappa shape index (κ3) is 1.87. The normalized spacial score (nSPS) is 27.9. The maximum absolute atomic E-state index is 13.2. The minimum absolute atomic E-state index is 0.0155. The lowest BCUT2D eigenvalue weighted by Gasteiger charge is -2.41. The number of hydrogen-bond acceptors (Lipinski definition) is 3. The first kappa shape index (κ1) is 13.0. The molecular weight excluding hydrogens is 263 g/mol. The Morgan fingerprint density at radius 3 is 2.75 bits per heavy atom. The van der Waals surface area contributed by atoms with Crippen molar-refractivity contribution in [2.75, 3.05) is 19.8 Å². The molecule has 0 aromatic carbocycles. The van der Waals surface area contributed by atoms with E-state index in [1.807, 2.05) is 0 Å². The molecule has 5 nitrogen and oxygen atoms in total. The van der Waals surface area contributed by atoms with E-state index in [2.05, 4.69) is 4.98 Å². The Morgan fingerprint density at radius 2 is 2.20 bits per heavy atom. The zero-order valence-electron chi connectivity index (χ0n) is 10.9. The number of carbonyl (C=O) groups is 2. The maximum atomic E-state index is 13.2. The van der Waals surface area contributed by atoms with Gasteiger partial charge < -0.3 is 10.0 Å². The lowest BCUT2D eigenvalue weighted by atomic mass is 9.63. The van der Waals surface area contributed by atoms with Crippen LogP contribution in [0.1, 0.15) is 33.6 Å². The first-order chi connectivity index (χ1) is 9.55. The smallest absolute Gasteiger partial charge is 0.337 e. The van der Waals surface area contributed by atoms with Crippen LogP contribution >= 0.6 is 0 Å². The molecule has 1 aliphatic carbocycles. The summed E-state index contributed by atoms with van der Waals surface area (Å²) in [5.74, 6) is -1.14. The van der Waals surface area contributed by atoms with Crippen molar-refractivity contribution in [3.8, 4) is 0 Å². The van der Waals surface area contributed by atoms with Gasteiger partial charge in [-0.05, 0) is 24.8 Å². The van der Waals surface area contributed by atoms with Gasteiger partial charge in [0.1, 0.15) is 0 Å². The van der Waals surface area contributed by atoms with Crippen molar-refractivity contribution in [2.24, 2.45) is 11.3 Å². The number of halogens is 1. The molecule has 0 unspecified atom stereocenters. The molecule has 1 N–H and O–H groups in total. The zero-order valence-corrected chi connectivity index (χ0v) is 10.9. The number of hydrogen-bond donors (Lipinski definition) is 1. The van der Waals surface area contributed by atoms with Crippen LogP contribution in [-0.4, -0.2) is 46.6 Å². The Bertz CT molecular complexity index is 573. The predicted molar refractivity (Wildman–Crippen MR) is 68.2 cm³/mol. The molecule has 1 amide bonds. The average molecular weight is 278 g/mol. The Hall–Kier alpha value is -1.98. The number of alkyl halides is 1. The van der Waals surface area contributed by atoms with Crippen molar-refractivity contribution >= 4 is 11.9 Å². The van der Waals surface area contributed by atoms with E-state index in [4.69, 9.17) is 5.11 Å².